The van der Waals surface area contributed by atoms with Crippen LogP contribution in [0.25, 0.3) is 11.4 Å². The highest BCUT2D eigenvalue weighted by Gasteiger charge is 2.18. The van der Waals surface area contributed by atoms with Gasteiger partial charge in [0.1, 0.15) is 5.75 Å². The third-order valence-electron chi connectivity index (χ3n) is 4.43. The van der Waals surface area contributed by atoms with E-state index in [0.717, 1.165) is 21.8 Å². The number of amides is 1. The van der Waals surface area contributed by atoms with Crippen molar-refractivity contribution in [2.45, 2.75) is 11.2 Å². The summed E-state index contributed by atoms with van der Waals surface area (Å²) in [6, 6.07) is 21.4. The van der Waals surface area contributed by atoms with E-state index in [1.807, 2.05) is 72.1 Å². The number of rotatable bonds is 8. The minimum absolute atomic E-state index is 0.0712. The molecule has 2 heterocycles. The molecule has 0 spiro atoms. The number of thiophene rings is 1. The summed E-state index contributed by atoms with van der Waals surface area (Å²) in [5, 5.41) is 12.8. The largest absolute Gasteiger partial charge is 0.497 e. The van der Waals surface area contributed by atoms with Crippen LogP contribution in [-0.2, 0) is 4.79 Å². The third-order valence-corrected chi connectivity index (χ3v) is 6.21. The zero-order valence-electron chi connectivity index (χ0n) is 16.2. The van der Waals surface area contributed by atoms with Gasteiger partial charge in [-0.05, 0) is 41.3 Å². The van der Waals surface area contributed by atoms with E-state index < -0.39 is 0 Å². The molecule has 30 heavy (non-hydrogen) atoms. The molecular weight excluding hydrogens is 416 g/mol. The molecule has 2 N–H and O–H groups in total. The topological polar surface area (TPSA) is 79.9 Å². The summed E-state index contributed by atoms with van der Waals surface area (Å²) < 4.78 is 5.17. The maximum atomic E-state index is 12.6. The van der Waals surface area contributed by atoms with Gasteiger partial charge in [0.15, 0.2) is 5.82 Å². The standard InChI is InChI=1S/C22H20N4O2S2/c1-28-17-11-9-16(10-12-17)21-24-22(26-25-21)30-14-19(27)23-20(18-8-5-13-29-18)15-6-3-2-4-7-15/h2-13,20H,14H2,1H3,(H,23,27)(H,24,25,26)/t20-/m1/s1. The first-order valence-corrected chi connectivity index (χ1v) is 11.2. The quantitative estimate of drug-likeness (QED) is 0.397. The minimum Gasteiger partial charge on any atom is -0.497 e. The predicted molar refractivity (Wildman–Crippen MR) is 120 cm³/mol. The molecule has 8 heteroatoms. The number of nitrogens with one attached hydrogen (secondary N) is 2. The van der Waals surface area contributed by atoms with E-state index in [-0.39, 0.29) is 17.7 Å². The fraction of sp³-hybridized carbons (Fsp3) is 0.136. The molecule has 4 rings (SSSR count). The van der Waals surface area contributed by atoms with Crippen molar-refractivity contribution in [1.82, 2.24) is 20.5 Å². The van der Waals surface area contributed by atoms with Gasteiger partial charge in [0.05, 0.1) is 18.9 Å². The molecular formula is C22H20N4O2S2. The first kappa shape index (κ1) is 20.2. The van der Waals surface area contributed by atoms with Gasteiger partial charge >= 0.3 is 0 Å². The van der Waals surface area contributed by atoms with Gasteiger partial charge in [0.25, 0.3) is 0 Å². The van der Waals surface area contributed by atoms with Gasteiger partial charge < -0.3 is 10.1 Å². The van der Waals surface area contributed by atoms with Crippen molar-refractivity contribution in [2.24, 2.45) is 0 Å². The number of hydrogen-bond donors (Lipinski definition) is 2. The van der Waals surface area contributed by atoms with Gasteiger partial charge in [-0.3, -0.25) is 9.89 Å². The first-order valence-electron chi connectivity index (χ1n) is 9.30. The summed E-state index contributed by atoms with van der Waals surface area (Å²) in [6.07, 6.45) is 0. The highest BCUT2D eigenvalue weighted by atomic mass is 32.2. The molecule has 0 aliphatic rings. The lowest BCUT2D eigenvalue weighted by atomic mass is 10.1. The highest BCUT2D eigenvalue weighted by Crippen LogP contribution is 2.26. The van der Waals surface area contributed by atoms with Crippen LogP contribution in [0.1, 0.15) is 16.5 Å². The number of benzene rings is 2. The summed E-state index contributed by atoms with van der Waals surface area (Å²) >= 11 is 2.93. The van der Waals surface area contributed by atoms with Crippen LogP contribution in [0.5, 0.6) is 5.75 Å². The molecule has 0 bridgehead atoms. The SMILES string of the molecule is COc1ccc(-c2nc(SCC(=O)N[C@H](c3ccccc3)c3cccs3)n[nH]2)cc1. The second-order valence-electron chi connectivity index (χ2n) is 6.41. The van der Waals surface area contributed by atoms with Crippen molar-refractivity contribution in [1.29, 1.82) is 0 Å². The van der Waals surface area contributed by atoms with Crippen LogP contribution in [0.4, 0.5) is 0 Å². The van der Waals surface area contributed by atoms with E-state index in [4.69, 9.17) is 4.74 Å². The fourth-order valence-electron chi connectivity index (χ4n) is 2.94. The van der Waals surface area contributed by atoms with Crippen molar-refractivity contribution < 1.29 is 9.53 Å². The molecule has 0 fully saturated rings. The maximum Gasteiger partial charge on any atom is 0.231 e. The van der Waals surface area contributed by atoms with Gasteiger partial charge in [0.2, 0.25) is 11.1 Å². The van der Waals surface area contributed by atoms with Crippen LogP contribution in [0.15, 0.2) is 77.3 Å². The highest BCUT2D eigenvalue weighted by molar-refractivity contribution is 7.99. The Bertz CT molecular complexity index is 1080. The molecule has 6 nitrogen and oxygen atoms in total. The maximum absolute atomic E-state index is 12.6. The number of aromatic amines is 1. The first-order chi connectivity index (χ1) is 14.7. The summed E-state index contributed by atoms with van der Waals surface area (Å²) in [6.45, 7) is 0. The molecule has 0 saturated carbocycles. The lowest BCUT2D eigenvalue weighted by Crippen LogP contribution is -2.30. The van der Waals surface area contributed by atoms with E-state index in [1.54, 1.807) is 18.4 Å². The number of nitrogens with zero attached hydrogens (tertiary/aromatic N) is 2. The molecule has 0 aliphatic heterocycles. The predicted octanol–water partition coefficient (Wildman–Crippen LogP) is 4.54. The van der Waals surface area contributed by atoms with Crippen LogP contribution in [-0.4, -0.2) is 34.0 Å². The average Bonchev–Trinajstić information content (AvgIpc) is 3.49. The van der Waals surface area contributed by atoms with Crippen molar-refractivity contribution in [3.05, 3.63) is 82.6 Å². The molecule has 0 aliphatic carbocycles. The third kappa shape index (κ3) is 4.90. The number of aromatic nitrogens is 3. The Morgan fingerprint density at radius 1 is 1.13 bits per heavy atom. The summed E-state index contributed by atoms with van der Waals surface area (Å²) in [7, 11) is 1.63. The number of thioether (sulfide) groups is 1. The Balaban J connectivity index is 1.39. The van der Waals surface area contributed by atoms with Gasteiger partial charge in [-0.2, -0.15) is 0 Å². The van der Waals surface area contributed by atoms with Crippen LogP contribution >= 0.6 is 23.1 Å². The molecule has 1 atom stereocenters. The van der Waals surface area contributed by atoms with Crippen LogP contribution < -0.4 is 10.1 Å². The fourth-order valence-corrected chi connectivity index (χ4v) is 4.35. The number of carbonyl (C=O) groups is 1. The Morgan fingerprint density at radius 2 is 1.93 bits per heavy atom. The molecule has 0 saturated heterocycles. The van der Waals surface area contributed by atoms with Gasteiger partial charge in [-0.15, -0.1) is 16.4 Å². The number of methoxy groups -OCH3 is 1. The zero-order valence-corrected chi connectivity index (χ0v) is 17.9. The second kappa shape index (κ2) is 9.60. The van der Waals surface area contributed by atoms with E-state index in [0.29, 0.717) is 11.0 Å². The number of H-pyrrole nitrogens is 1. The van der Waals surface area contributed by atoms with E-state index in [2.05, 4.69) is 20.5 Å². The van der Waals surface area contributed by atoms with Crippen LogP contribution in [0.3, 0.4) is 0 Å². The number of hydrogen-bond acceptors (Lipinski definition) is 6. The summed E-state index contributed by atoms with van der Waals surface area (Å²) in [5.41, 5.74) is 1.96. The number of carbonyl (C=O) groups excluding carboxylic acids is 1. The van der Waals surface area contributed by atoms with Crippen LogP contribution in [0.2, 0.25) is 0 Å². The van der Waals surface area contributed by atoms with Gasteiger partial charge in [0, 0.05) is 10.4 Å². The van der Waals surface area contributed by atoms with Crippen LogP contribution in [0, 0.1) is 0 Å². The lowest BCUT2D eigenvalue weighted by Gasteiger charge is -2.17. The Labute approximate surface area is 182 Å². The van der Waals surface area contributed by atoms with Gasteiger partial charge in [-0.25, -0.2) is 4.98 Å². The molecule has 152 valence electrons. The van der Waals surface area contributed by atoms with Crippen molar-refractivity contribution in [3.63, 3.8) is 0 Å². The molecule has 2 aromatic heterocycles. The molecule has 1 amide bonds. The van der Waals surface area contributed by atoms with Gasteiger partial charge in [-0.1, -0.05) is 48.2 Å². The van der Waals surface area contributed by atoms with E-state index >= 15 is 0 Å². The van der Waals surface area contributed by atoms with Crippen molar-refractivity contribution in [2.75, 3.05) is 12.9 Å². The lowest BCUT2D eigenvalue weighted by molar-refractivity contribution is -0.119. The summed E-state index contributed by atoms with van der Waals surface area (Å²) in [5.74, 6) is 1.59. The Hall–Kier alpha value is -3.10. The van der Waals surface area contributed by atoms with E-state index in [9.17, 15) is 4.79 Å². The zero-order chi connectivity index (χ0) is 20.8. The minimum atomic E-state index is -0.165. The second-order valence-corrected chi connectivity index (χ2v) is 8.33. The molecule has 2 aromatic carbocycles. The number of ether oxygens (including phenoxy) is 1. The van der Waals surface area contributed by atoms with Crippen molar-refractivity contribution in [3.8, 4) is 17.1 Å². The monoisotopic (exact) mass is 436 g/mol. The Morgan fingerprint density at radius 3 is 2.63 bits per heavy atom. The average molecular weight is 437 g/mol. The molecule has 0 unspecified atom stereocenters. The summed E-state index contributed by atoms with van der Waals surface area (Å²) in [4.78, 5) is 18.2. The van der Waals surface area contributed by atoms with Crippen molar-refractivity contribution >= 4 is 29.0 Å². The smallest absolute Gasteiger partial charge is 0.231 e. The molecule has 0 radical (unpaired) electrons. The van der Waals surface area contributed by atoms with E-state index in [1.165, 1.54) is 11.8 Å². The normalized spacial score (nSPS) is 11.8. The Kier molecular flexibility index (Phi) is 6.46. The molecule has 4 aromatic rings.